The monoisotopic (exact) mass is 240 g/mol. The van der Waals surface area contributed by atoms with Gasteiger partial charge in [0, 0.05) is 18.8 Å². The van der Waals surface area contributed by atoms with Gasteiger partial charge in [-0.15, -0.1) is 0 Å². The highest BCUT2D eigenvalue weighted by Crippen LogP contribution is 2.22. The highest BCUT2D eigenvalue weighted by molar-refractivity contribution is 5.54. The minimum absolute atomic E-state index is 0.0166. The molecule has 0 atom stereocenters. The Morgan fingerprint density at radius 3 is 1.89 bits per heavy atom. The van der Waals surface area contributed by atoms with Crippen LogP contribution >= 0.6 is 0 Å². The molecular weight excluding hydrogens is 224 g/mol. The van der Waals surface area contributed by atoms with Crippen LogP contribution in [0.25, 0.3) is 0 Å². The summed E-state index contributed by atoms with van der Waals surface area (Å²) >= 11 is 0. The molecule has 0 aromatic rings. The molecule has 0 radical (unpaired) electrons. The van der Waals surface area contributed by atoms with Crippen LogP contribution in [0.4, 0.5) is 0 Å². The maximum atomic E-state index is 9.25. The van der Waals surface area contributed by atoms with Crippen molar-refractivity contribution < 1.29 is 0 Å². The second-order valence-corrected chi connectivity index (χ2v) is 4.34. The fourth-order valence-electron chi connectivity index (χ4n) is 2.14. The molecule has 1 saturated heterocycles. The quantitative estimate of drug-likeness (QED) is 0.549. The standard InChI is InChI=1S/C14H16N4/c1-11(13(8-15)9-16)14(10-17)12(2)18-6-4-3-5-7-18/h3-7H2,1-2H3/b14-12+. The van der Waals surface area contributed by atoms with Crippen LogP contribution < -0.4 is 0 Å². The van der Waals surface area contributed by atoms with E-state index in [4.69, 9.17) is 10.5 Å². The van der Waals surface area contributed by atoms with E-state index >= 15 is 0 Å². The molecular formula is C14H16N4. The lowest BCUT2D eigenvalue weighted by Crippen LogP contribution is -2.29. The minimum Gasteiger partial charge on any atom is -0.374 e. The molecule has 0 aromatic heterocycles. The van der Waals surface area contributed by atoms with Gasteiger partial charge in [-0.25, -0.2) is 0 Å². The minimum atomic E-state index is 0.0166. The molecule has 4 nitrogen and oxygen atoms in total. The lowest BCUT2D eigenvalue weighted by Gasteiger charge is -2.30. The molecule has 0 aromatic carbocycles. The van der Waals surface area contributed by atoms with Crippen molar-refractivity contribution in [2.24, 2.45) is 0 Å². The number of nitriles is 3. The number of likely N-dealkylation sites (tertiary alicyclic amines) is 1. The fourth-order valence-corrected chi connectivity index (χ4v) is 2.14. The molecule has 0 bridgehead atoms. The predicted octanol–water partition coefficient (Wildman–Crippen LogP) is 2.63. The van der Waals surface area contributed by atoms with Gasteiger partial charge in [0.2, 0.25) is 0 Å². The molecule has 1 aliphatic rings. The summed E-state index contributed by atoms with van der Waals surface area (Å²) in [4.78, 5) is 2.16. The fraction of sp³-hybridized carbons (Fsp3) is 0.500. The molecule has 1 heterocycles. The van der Waals surface area contributed by atoms with Gasteiger partial charge in [0.15, 0.2) is 0 Å². The van der Waals surface area contributed by atoms with Gasteiger partial charge >= 0.3 is 0 Å². The van der Waals surface area contributed by atoms with Gasteiger partial charge in [0.25, 0.3) is 0 Å². The van der Waals surface area contributed by atoms with Gasteiger partial charge in [-0.1, -0.05) is 0 Å². The molecule has 1 fully saturated rings. The molecule has 0 unspecified atom stereocenters. The molecule has 0 amide bonds. The number of hydrogen-bond donors (Lipinski definition) is 0. The number of nitrogens with zero attached hydrogens (tertiary/aromatic N) is 4. The summed E-state index contributed by atoms with van der Waals surface area (Å²) in [6.45, 7) is 5.44. The van der Waals surface area contributed by atoms with Crippen LogP contribution in [0.1, 0.15) is 33.1 Å². The zero-order valence-corrected chi connectivity index (χ0v) is 10.8. The molecule has 1 aliphatic heterocycles. The van der Waals surface area contributed by atoms with E-state index < -0.39 is 0 Å². The average Bonchev–Trinajstić information content (AvgIpc) is 2.42. The second kappa shape index (κ2) is 6.48. The van der Waals surface area contributed by atoms with E-state index in [0.29, 0.717) is 11.1 Å². The number of allylic oxidation sites excluding steroid dienone is 4. The Balaban J connectivity index is 3.17. The topological polar surface area (TPSA) is 74.6 Å². The van der Waals surface area contributed by atoms with Gasteiger partial charge in [-0.05, 0) is 38.7 Å². The van der Waals surface area contributed by atoms with Crippen LogP contribution in [0.3, 0.4) is 0 Å². The molecule has 0 N–H and O–H groups in total. The number of rotatable bonds is 2. The highest BCUT2D eigenvalue weighted by atomic mass is 15.1. The first kappa shape index (κ1) is 13.8. The van der Waals surface area contributed by atoms with Gasteiger partial charge < -0.3 is 4.90 Å². The Labute approximate surface area is 108 Å². The maximum absolute atomic E-state index is 9.25. The largest absolute Gasteiger partial charge is 0.374 e. The zero-order valence-electron chi connectivity index (χ0n) is 10.8. The Morgan fingerprint density at radius 1 is 0.889 bits per heavy atom. The van der Waals surface area contributed by atoms with E-state index in [0.717, 1.165) is 31.6 Å². The van der Waals surface area contributed by atoms with E-state index in [1.807, 2.05) is 19.1 Å². The Hall–Kier alpha value is -2.25. The van der Waals surface area contributed by atoms with Crippen LogP contribution in [0.2, 0.25) is 0 Å². The van der Waals surface area contributed by atoms with Crippen LogP contribution in [-0.2, 0) is 0 Å². The Kier molecular flexibility index (Phi) is 4.97. The lowest BCUT2D eigenvalue weighted by molar-refractivity contribution is 0.284. The Morgan fingerprint density at radius 2 is 1.44 bits per heavy atom. The van der Waals surface area contributed by atoms with Crippen molar-refractivity contribution in [1.29, 1.82) is 15.8 Å². The summed E-state index contributed by atoms with van der Waals surface area (Å²) in [5.41, 5.74) is 1.82. The summed E-state index contributed by atoms with van der Waals surface area (Å²) in [7, 11) is 0. The van der Waals surface area contributed by atoms with Gasteiger partial charge in [0.1, 0.15) is 23.8 Å². The van der Waals surface area contributed by atoms with Crippen LogP contribution in [0, 0.1) is 34.0 Å². The third kappa shape index (κ3) is 2.90. The van der Waals surface area contributed by atoms with Crippen molar-refractivity contribution in [1.82, 2.24) is 4.90 Å². The first-order valence-electron chi connectivity index (χ1n) is 6.03. The molecule has 1 rings (SSSR count). The number of hydrogen-bond acceptors (Lipinski definition) is 4. The van der Waals surface area contributed by atoms with E-state index in [1.54, 1.807) is 6.92 Å². The summed E-state index contributed by atoms with van der Waals surface area (Å²) in [6.07, 6.45) is 3.48. The summed E-state index contributed by atoms with van der Waals surface area (Å²) < 4.78 is 0. The van der Waals surface area contributed by atoms with Crippen molar-refractivity contribution in [3.05, 3.63) is 22.4 Å². The lowest BCUT2D eigenvalue weighted by atomic mass is 10.0. The summed E-state index contributed by atoms with van der Waals surface area (Å²) in [5, 5.41) is 27.0. The van der Waals surface area contributed by atoms with E-state index in [2.05, 4.69) is 11.0 Å². The summed E-state index contributed by atoms with van der Waals surface area (Å²) in [5.74, 6) is 0. The SMILES string of the molecule is CC(=C(C#N)C#N)/C(C#N)=C(\C)N1CCCCC1. The zero-order chi connectivity index (χ0) is 13.5. The molecule has 0 aliphatic carbocycles. The molecule has 0 spiro atoms. The van der Waals surface area contributed by atoms with Crippen LogP contribution in [0.15, 0.2) is 22.4 Å². The third-order valence-corrected chi connectivity index (χ3v) is 3.28. The molecule has 0 saturated carbocycles. The first-order valence-corrected chi connectivity index (χ1v) is 6.03. The molecule has 92 valence electrons. The molecule has 4 heteroatoms. The third-order valence-electron chi connectivity index (χ3n) is 3.28. The average molecular weight is 240 g/mol. The summed E-state index contributed by atoms with van der Waals surface area (Å²) in [6, 6.07) is 5.80. The number of piperidine rings is 1. The van der Waals surface area contributed by atoms with Crippen molar-refractivity contribution in [3.8, 4) is 18.2 Å². The van der Waals surface area contributed by atoms with E-state index in [-0.39, 0.29) is 5.57 Å². The second-order valence-electron chi connectivity index (χ2n) is 4.34. The van der Waals surface area contributed by atoms with Gasteiger partial charge in [-0.2, -0.15) is 15.8 Å². The van der Waals surface area contributed by atoms with E-state index in [9.17, 15) is 5.26 Å². The van der Waals surface area contributed by atoms with Crippen LogP contribution in [-0.4, -0.2) is 18.0 Å². The van der Waals surface area contributed by atoms with Crippen molar-refractivity contribution in [2.45, 2.75) is 33.1 Å². The van der Waals surface area contributed by atoms with Crippen LogP contribution in [0.5, 0.6) is 0 Å². The normalized spacial score (nSPS) is 15.8. The Bertz CT molecular complexity index is 483. The highest BCUT2D eigenvalue weighted by Gasteiger charge is 2.16. The van der Waals surface area contributed by atoms with Gasteiger partial charge in [-0.3, -0.25) is 0 Å². The molecule has 18 heavy (non-hydrogen) atoms. The van der Waals surface area contributed by atoms with Crippen molar-refractivity contribution in [2.75, 3.05) is 13.1 Å². The first-order chi connectivity index (χ1) is 8.65. The van der Waals surface area contributed by atoms with Gasteiger partial charge in [0.05, 0.1) is 5.57 Å². The predicted molar refractivity (Wildman–Crippen MR) is 67.7 cm³/mol. The van der Waals surface area contributed by atoms with Crippen molar-refractivity contribution >= 4 is 0 Å². The van der Waals surface area contributed by atoms with E-state index in [1.165, 1.54) is 6.42 Å². The van der Waals surface area contributed by atoms with Crippen molar-refractivity contribution in [3.63, 3.8) is 0 Å². The maximum Gasteiger partial charge on any atom is 0.133 e. The smallest absolute Gasteiger partial charge is 0.133 e.